The summed E-state index contributed by atoms with van der Waals surface area (Å²) in [7, 11) is 0. The van der Waals surface area contributed by atoms with Crippen molar-refractivity contribution in [3.63, 3.8) is 0 Å². The Kier molecular flexibility index (Phi) is 2.79. The summed E-state index contributed by atoms with van der Waals surface area (Å²) >= 11 is 1.52. The van der Waals surface area contributed by atoms with Crippen LogP contribution in [0.1, 0.15) is 5.56 Å². The van der Waals surface area contributed by atoms with Crippen molar-refractivity contribution in [2.45, 2.75) is 11.4 Å². The van der Waals surface area contributed by atoms with E-state index in [1.165, 1.54) is 11.8 Å². The van der Waals surface area contributed by atoms with E-state index in [0.717, 1.165) is 10.5 Å². The largest absolute Gasteiger partial charge is 0.507 e. The summed E-state index contributed by atoms with van der Waals surface area (Å²) in [6.45, 7) is 0.477. The van der Waals surface area contributed by atoms with Gasteiger partial charge in [-0.1, -0.05) is 12.1 Å². The van der Waals surface area contributed by atoms with Crippen molar-refractivity contribution in [1.29, 1.82) is 0 Å². The first-order valence-electron chi connectivity index (χ1n) is 3.34. The molecule has 1 aromatic carbocycles. The summed E-state index contributed by atoms with van der Waals surface area (Å²) in [6.07, 6.45) is 1.92. The Balaban J connectivity index is 3.13. The van der Waals surface area contributed by atoms with Crippen LogP contribution >= 0.6 is 11.8 Å². The Morgan fingerprint density at radius 2 is 2.27 bits per heavy atom. The minimum atomic E-state index is 0.320. The highest BCUT2D eigenvalue weighted by Gasteiger charge is 2.03. The van der Waals surface area contributed by atoms with Crippen LogP contribution in [-0.2, 0) is 6.54 Å². The topological polar surface area (TPSA) is 46.2 Å². The zero-order valence-electron chi connectivity index (χ0n) is 6.37. The number of phenolic OH excluding ortho intramolecular Hbond substituents is 1. The van der Waals surface area contributed by atoms with Crippen LogP contribution in [0.25, 0.3) is 0 Å². The number of rotatable bonds is 2. The van der Waals surface area contributed by atoms with Gasteiger partial charge in [-0.2, -0.15) is 0 Å². The molecule has 0 spiro atoms. The maximum absolute atomic E-state index is 9.35. The van der Waals surface area contributed by atoms with Gasteiger partial charge >= 0.3 is 0 Å². The number of thioether (sulfide) groups is 1. The van der Waals surface area contributed by atoms with Gasteiger partial charge in [-0.05, 0) is 17.9 Å². The molecule has 0 unspecified atom stereocenters. The summed E-state index contributed by atoms with van der Waals surface area (Å²) in [5, 5.41) is 9.35. The first-order valence-corrected chi connectivity index (χ1v) is 4.57. The van der Waals surface area contributed by atoms with E-state index < -0.39 is 0 Å². The van der Waals surface area contributed by atoms with Crippen molar-refractivity contribution in [3.8, 4) is 5.75 Å². The Bertz CT molecular complexity index is 250. The molecule has 3 N–H and O–H groups in total. The van der Waals surface area contributed by atoms with Crippen LogP contribution in [0.15, 0.2) is 23.1 Å². The molecule has 3 heteroatoms. The Morgan fingerprint density at radius 1 is 1.55 bits per heavy atom. The second-order valence-electron chi connectivity index (χ2n) is 2.17. The Labute approximate surface area is 70.4 Å². The minimum Gasteiger partial charge on any atom is -0.507 e. The average molecular weight is 169 g/mol. The quantitative estimate of drug-likeness (QED) is 0.661. The van der Waals surface area contributed by atoms with E-state index in [2.05, 4.69) is 0 Å². The third-order valence-corrected chi connectivity index (χ3v) is 2.38. The van der Waals surface area contributed by atoms with Crippen LogP contribution < -0.4 is 5.73 Å². The summed E-state index contributed by atoms with van der Waals surface area (Å²) < 4.78 is 0. The fraction of sp³-hybridized carbons (Fsp3) is 0.250. The van der Waals surface area contributed by atoms with Gasteiger partial charge in [0.05, 0.1) is 4.90 Å². The molecule has 60 valence electrons. The smallest absolute Gasteiger partial charge is 0.129 e. The minimum absolute atomic E-state index is 0.320. The monoisotopic (exact) mass is 169 g/mol. The maximum atomic E-state index is 9.35. The molecule has 0 heterocycles. The molecule has 0 aliphatic heterocycles. The van der Waals surface area contributed by atoms with Gasteiger partial charge in [0, 0.05) is 6.54 Å². The molecule has 1 rings (SSSR count). The number of phenols is 1. The predicted molar refractivity (Wildman–Crippen MR) is 47.8 cm³/mol. The van der Waals surface area contributed by atoms with E-state index in [4.69, 9.17) is 5.73 Å². The molecule has 0 aliphatic carbocycles. The van der Waals surface area contributed by atoms with E-state index in [1.807, 2.05) is 12.3 Å². The third-order valence-electron chi connectivity index (χ3n) is 1.50. The van der Waals surface area contributed by atoms with Gasteiger partial charge in [-0.3, -0.25) is 0 Å². The first-order chi connectivity index (χ1) is 5.29. The highest BCUT2D eigenvalue weighted by Crippen LogP contribution is 2.29. The lowest BCUT2D eigenvalue weighted by Gasteiger charge is -2.05. The maximum Gasteiger partial charge on any atom is 0.129 e. The lowest BCUT2D eigenvalue weighted by atomic mass is 10.2. The molecule has 0 atom stereocenters. The van der Waals surface area contributed by atoms with Crippen molar-refractivity contribution in [1.82, 2.24) is 0 Å². The van der Waals surface area contributed by atoms with Gasteiger partial charge in [0.15, 0.2) is 0 Å². The molecule has 0 saturated heterocycles. The molecule has 2 nitrogen and oxygen atoms in total. The fourth-order valence-electron chi connectivity index (χ4n) is 0.968. The molecule has 0 aromatic heterocycles. The van der Waals surface area contributed by atoms with Crippen LogP contribution in [0.4, 0.5) is 0 Å². The van der Waals surface area contributed by atoms with Crippen LogP contribution in [0, 0.1) is 0 Å². The van der Waals surface area contributed by atoms with Crippen molar-refractivity contribution >= 4 is 11.8 Å². The summed E-state index contributed by atoms with van der Waals surface area (Å²) in [4.78, 5) is 0.884. The molecular weight excluding hydrogens is 158 g/mol. The zero-order valence-corrected chi connectivity index (χ0v) is 7.19. The Hall–Kier alpha value is -0.670. The molecular formula is C8H11NOS. The molecule has 0 bridgehead atoms. The number of hydrogen-bond acceptors (Lipinski definition) is 3. The Morgan fingerprint density at radius 3 is 2.73 bits per heavy atom. The van der Waals surface area contributed by atoms with E-state index in [9.17, 15) is 5.11 Å². The predicted octanol–water partition coefficient (Wildman–Crippen LogP) is 1.57. The number of benzene rings is 1. The molecule has 0 fully saturated rings. The SMILES string of the molecule is CSc1c(O)cccc1CN. The normalized spacial score (nSPS) is 10.0. The zero-order chi connectivity index (χ0) is 8.27. The molecule has 0 aliphatic rings. The molecule has 1 aromatic rings. The molecule has 0 radical (unpaired) electrons. The summed E-state index contributed by atoms with van der Waals surface area (Å²) in [6, 6.07) is 5.40. The summed E-state index contributed by atoms with van der Waals surface area (Å²) in [5.74, 6) is 0.320. The highest BCUT2D eigenvalue weighted by molar-refractivity contribution is 7.98. The van der Waals surface area contributed by atoms with Crippen LogP contribution in [0.2, 0.25) is 0 Å². The van der Waals surface area contributed by atoms with E-state index in [0.29, 0.717) is 12.3 Å². The van der Waals surface area contributed by atoms with Gasteiger partial charge < -0.3 is 10.8 Å². The first kappa shape index (κ1) is 8.43. The van der Waals surface area contributed by atoms with Crippen LogP contribution in [0.3, 0.4) is 0 Å². The summed E-state index contributed by atoms with van der Waals surface area (Å²) in [5.41, 5.74) is 6.47. The van der Waals surface area contributed by atoms with Gasteiger partial charge in [0.25, 0.3) is 0 Å². The fourth-order valence-corrected chi connectivity index (χ4v) is 1.66. The molecule has 0 amide bonds. The van der Waals surface area contributed by atoms with Gasteiger partial charge in [-0.25, -0.2) is 0 Å². The molecule has 11 heavy (non-hydrogen) atoms. The number of hydrogen-bond donors (Lipinski definition) is 2. The lowest BCUT2D eigenvalue weighted by Crippen LogP contribution is -1.97. The second kappa shape index (κ2) is 3.64. The van der Waals surface area contributed by atoms with Crippen LogP contribution in [-0.4, -0.2) is 11.4 Å². The van der Waals surface area contributed by atoms with Gasteiger partial charge in [-0.15, -0.1) is 11.8 Å². The average Bonchev–Trinajstić information content (AvgIpc) is 2.04. The van der Waals surface area contributed by atoms with E-state index in [-0.39, 0.29) is 0 Å². The number of nitrogens with two attached hydrogens (primary N) is 1. The van der Waals surface area contributed by atoms with Gasteiger partial charge in [0.2, 0.25) is 0 Å². The van der Waals surface area contributed by atoms with Crippen molar-refractivity contribution < 1.29 is 5.11 Å². The highest BCUT2D eigenvalue weighted by atomic mass is 32.2. The molecule has 0 saturated carbocycles. The van der Waals surface area contributed by atoms with E-state index in [1.54, 1.807) is 12.1 Å². The standard InChI is InChI=1S/C8H11NOS/c1-11-8-6(5-9)3-2-4-7(8)10/h2-4,10H,5,9H2,1H3. The van der Waals surface area contributed by atoms with Crippen molar-refractivity contribution in [3.05, 3.63) is 23.8 Å². The third kappa shape index (κ3) is 1.67. The second-order valence-corrected chi connectivity index (χ2v) is 2.99. The lowest BCUT2D eigenvalue weighted by molar-refractivity contribution is 0.461. The number of aromatic hydroxyl groups is 1. The van der Waals surface area contributed by atoms with Crippen molar-refractivity contribution in [2.24, 2.45) is 5.73 Å². The van der Waals surface area contributed by atoms with E-state index >= 15 is 0 Å². The van der Waals surface area contributed by atoms with Gasteiger partial charge in [0.1, 0.15) is 5.75 Å². The van der Waals surface area contributed by atoms with Crippen molar-refractivity contribution in [2.75, 3.05) is 6.26 Å². The van der Waals surface area contributed by atoms with Crippen LogP contribution in [0.5, 0.6) is 5.75 Å².